The van der Waals surface area contributed by atoms with Crippen LogP contribution in [0.2, 0.25) is 0 Å². The lowest BCUT2D eigenvalue weighted by Gasteiger charge is -2.26. The summed E-state index contributed by atoms with van der Waals surface area (Å²) < 4.78 is 26.4. The number of rotatable bonds is 3. The van der Waals surface area contributed by atoms with Gasteiger partial charge in [-0.15, -0.1) is 0 Å². The van der Waals surface area contributed by atoms with Crippen LogP contribution in [-0.2, 0) is 14.8 Å². The zero-order valence-electron chi connectivity index (χ0n) is 9.09. The highest BCUT2D eigenvalue weighted by atomic mass is 32.2. The number of carboxylic acid groups (broad SMARTS) is 1. The molecular formula is C9H13N3O4S. The molecule has 0 radical (unpaired) electrons. The molecule has 0 aromatic carbocycles. The molecule has 0 bridgehead atoms. The molecule has 2 aliphatic heterocycles. The maximum Gasteiger partial charge on any atom is 0.355 e. The number of aliphatic carboxylic acids is 1. The van der Waals surface area contributed by atoms with Gasteiger partial charge >= 0.3 is 5.97 Å². The Hall–Kier alpha value is -1.25. The van der Waals surface area contributed by atoms with Crippen LogP contribution < -0.4 is 5.32 Å². The van der Waals surface area contributed by atoms with E-state index in [0.717, 1.165) is 32.3 Å². The minimum absolute atomic E-state index is 0.0665. The van der Waals surface area contributed by atoms with Gasteiger partial charge in [-0.2, -0.15) is 12.8 Å². The molecule has 94 valence electrons. The first-order valence-corrected chi connectivity index (χ1v) is 6.65. The SMILES string of the molecule is O=C(O)C1=NS(=O)(=O)C(CN2CCNCC2)=C1. The lowest BCUT2D eigenvalue weighted by molar-refractivity contribution is -0.129. The Morgan fingerprint density at radius 3 is 2.65 bits per heavy atom. The summed E-state index contributed by atoms with van der Waals surface area (Å²) in [5.41, 5.74) is -0.407. The van der Waals surface area contributed by atoms with Crippen LogP contribution in [0.15, 0.2) is 15.4 Å². The molecule has 8 heteroatoms. The van der Waals surface area contributed by atoms with Gasteiger partial charge in [-0.3, -0.25) is 4.90 Å². The monoisotopic (exact) mass is 259 g/mol. The highest BCUT2D eigenvalue weighted by molar-refractivity contribution is 7.94. The predicted molar refractivity (Wildman–Crippen MR) is 61.4 cm³/mol. The van der Waals surface area contributed by atoms with Crippen molar-refractivity contribution in [3.8, 4) is 0 Å². The van der Waals surface area contributed by atoms with Crippen molar-refractivity contribution in [2.75, 3.05) is 32.7 Å². The third-order valence-corrected chi connectivity index (χ3v) is 4.00. The topological polar surface area (TPSA) is 99.1 Å². The molecule has 0 aliphatic carbocycles. The smallest absolute Gasteiger partial charge is 0.355 e. The van der Waals surface area contributed by atoms with Gasteiger partial charge in [0.2, 0.25) is 0 Å². The summed E-state index contributed by atoms with van der Waals surface area (Å²) in [5, 5.41) is 11.9. The number of hydrogen-bond acceptors (Lipinski definition) is 5. The van der Waals surface area contributed by atoms with Crippen LogP contribution in [0, 0.1) is 0 Å². The second kappa shape index (κ2) is 4.55. The number of piperazine rings is 1. The van der Waals surface area contributed by atoms with Crippen molar-refractivity contribution in [2.45, 2.75) is 0 Å². The van der Waals surface area contributed by atoms with E-state index in [4.69, 9.17) is 5.11 Å². The first-order chi connectivity index (χ1) is 7.99. The normalized spacial score (nSPS) is 24.2. The molecule has 1 saturated heterocycles. The quantitative estimate of drug-likeness (QED) is 0.650. The Morgan fingerprint density at radius 2 is 2.12 bits per heavy atom. The lowest BCUT2D eigenvalue weighted by atomic mass is 10.3. The van der Waals surface area contributed by atoms with Crippen LogP contribution in [0.5, 0.6) is 0 Å². The maximum absolute atomic E-state index is 11.6. The van der Waals surface area contributed by atoms with Crippen molar-refractivity contribution in [3.63, 3.8) is 0 Å². The Balaban J connectivity index is 2.11. The Bertz CT molecular complexity index is 488. The van der Waals surface area contributed by atoms with E-state index in [1.165, 1.54) is 0 Å². The molecule has 0 spiro atoms. The van der Waals surface area contributed by atoms with Crippen molar-refractivity contribution in [2.24, 2.45) is 4.40 Å². The fraction of sp³-hybridized carbons (Fsp3) is 0.556. The number of sulfonamides is 1. The standard InChI is InChI=1S/C9H13N3O4S/c13-9(14)8-5-7(17(15,16)11-8)6-12-3-1-10-2-4-12/h5,10H,1-4,6H2,(H,13,14). The van der Waals surface area contributed by atoms with Crippen LogP contribution in [0.4, 0.5) is 0 Å². The van der Waals surface area contributed by atoms with Crippen LogP contribution in [-0.4, -0.2) is 62.8 Å². The first-order valence-electron chi connectivity index (χ1n) is 5.21. The number of nitrogens with zero attached hydrogens (tertiary/aromatic N) is 2. The molecule has 7 nitrogen and oxygen atoms in total. The summed E-state index contributed by atoms with van der Waals surface area (Å²) in [6.45, 7) is 3.33. The van der Waals surface area contributed by atoms with Gasteiger partial charge in [-0.1, -0.05) is 0 Å². The first kappa shape index (κ1) is 12.2. The zero-order chi connectivity index (χ0) is 12.5. The number of nitrogens with one attached hydrogen (secondary N) is 1. The van der Waals surface area contributed by atoms with Gasteiger partial charge in [0.1, 0.15) is 0 Å². The fourth-order valence-corrected chi connectivity index (χ4v) is 2.87. The van der Waals surface area contributed by atoms with Gasteiger partial charge in [0, 0.05) is 32.7 Å². The largest absolute Gasteiger partial charge is 0.476 e. The molecule has 0 amide bonds. The lowest BCUT2D eigenvalue weighted by Crippen LogP contribution is -2.44. The Labute approximate surface area is 98.9 Å². The van der Waals surface area contributed by atoms with Gasteiger partial charge in [0.25, 0.3) is 10.0 Å². The van der Waals surface area contributed by atoms with Gasteiger partial charge in [0.05, 0.1) is 4.91 Å². The summed E-state index contributed by atoms with van der Waals surface area (Å²) in [6, 6.07) is 0. The fourth-order valence-electron chi connectivity index (χ4n) is 1.76. The highest BCUT2D eigenvalue weighted by Gasteiger charge is 2.29. The van der Waals surface area contributed by atoms with Gasteiger partial charge in [0.15, 0.2) is 5.71 Å². The molecule has 0 saturated carbocycles. The van der Waals surface area contributed by atoms with Crippen LogP contribution in [0.25, 0.3) is 0 Å². The molecule has 0 unspecified atom stereocenters. The van der Waals surface area contributed by atoms with E-state index >= 15 is 0 Å². The average molecular weight is 259 g/mol. The molecule has 1 fully saturated rings. The molecule has 2 N–H and O–H groups in total. The van der Waals surface area contributed by atoms with E-state index in [9.17, 15) is 13.2 Å². The van der Waals surface area contributed by atoms with E-state index in [1.54, 1.807) is 0 Å². The van der Waals surface area contributed by atoms with E-state index in [0.29, 0.717) is 0 Å². The van der Waals surface area contributed by atoms with Crippen LogP contribution >= 0.6 is 0 Å². The molecule has 2 aliphatic rings. The second-order valence-corrected chi connectivity index (χ2v) is 5.55. The van der Waals surface area contributed by atoms with E-state index < -0.39 is 21.7 Å². The molecule has 0 aromatic heterocycles. The maximum atomic E-state index is 11.6. The summed E-state index contributed by atoms with van der Waals surface area (Å²) in [7, 11) is -3.77. The van der Waals surface area contributed by atoms with Crippen molar-refractivity contribution >= 4 is 21.7 Å². The second-order valence-electron chi connectivity index (χ2n) is 3.89. The van der Waals surface area contributed by atoms with Crippen LogP contribution in [0.3, 0.4) is 0 Å². The number of carboxylic acids is 1. The minimum Gasteiger partial charge on any atom is -0.476 e. The third-order valence-electron chi connectivity index (χ3n) is 2.66. The van der Waals surface area contributed by atoms with Gasteiger partial charge in [-0.05, 0) is 6.08 Å². The molecule has 17 heavy (non-hydrogen) atoms. The molecule has 0 aromatic rings. The summed E-state index contributed by atoms with van der Waals surface area (Å²) in [6.07, 6.45) is 1.14. The third kappa shape index (κ3) is 2.71. The van der Waals surface area contributed by atoms with Crippen LogP contribution in [0.1, 0.15) is 0 Å². The summed E-state index contributed by atoms with van der Waals surface area (Å²) >= 11 is 0. The van der Waals surface area contributed by atoms with Crippen molar-refractivity contribution < 1.29 is 18.3 Å². The Morgan fingerprint density at radius 1 is 1.47 bits per heavy atom. The van der Waals surface area contributed by atoms with E-state index in [1.807, 2.05) is 4.90 Å². The summed E-state index contributed by atoms with van der Waals surface area (Å²) in [5.74, 6) is -1.32. The molecule has 2 rings (SSSR count). The molecular weight excluding hydrogens is 246 g/mol. The molecule has 0 atom stereocenters. The summed E-state index contributed by atoms with van der Waals surface area (Å²) in [4.78, 5) is 12.7. The minimum atomic E-state index is -3.77. The number of hydrogen-bond donors (Lipinski definition) is 2. The van der Waals surface area contributed by atoms with Crippen molar-refractivity contribution in [3.05, 3.63) is 11.0 Å². The number of carbonyl (C=O) groups is 1. The highest BCUT2D eigenvalue weighted by Crippen LogP contribution is 2.18. The Kier molecular flexibility index (Phi) is 3.27. The molecule has 2 heterocycles. The van der Waals surface area contributed by atoms with E-state index in [-0.39, 0.29) is 11.4 Å². The van der Waals surface area contributed by atoms with Gasteiger partial charge < -0.3 is 10.4 Å². The average Bonchev–Trinajstić information content (AvgIpc) is 2.56. The predicted octanol–water partition coefficient (Wildman–Crippen LogP) is -1.36. The van der Waals surface area contributed by atoms with Crippen molar-refractivity contribution in [1.82, 2.24) is 10.2 Å². The zero-order valence-corrected chi connectivity index (χ0v) is 9.90. The van der Waals surface area contributed by atoms with E-state index in [2.05, 4.69) is 9.71 Å². The van der Waals surface area contributed by atoms with Gasteiger partial charge in [-0.25, -0.2) is 4.79 Å². The van der Waals surface area contributed by atoms with Crippen molar-refractivity contribution in [1.29, 1.82) is 0 Å².